The smallest absolute Gasteiger partial charge is 0.243 e. The molecule has 0 aliphatic heterocycles. The summed E-state index contributed by atoms with van der Waals surface area (Å²) in [6.45, 7) is 14.8. The molecule has 8 atom stereocenters. The molecular formula is C49H94N16O9. The molecule has 20 N–H and O–H groups in total. The van der Waals surface area contributed by atoms with Crippen molar-refractivity contribution in [3.63, 3.8) is 0 Å². The van der Waals surface area contributed by atoms with E-state index in [0.29, 0.717) is 64.3 Å². The molecule has 74 heavy (non-hydrogen) atoms. The van der Waals surface area contributed by atoms with Gasteiger partial charge in [-0.15, -0.1) is 0 Å². The highest BCUT2D eigenvalue weighted by Crippen LogP contribution is 2.13. The molecule has 0 saturated carbocycles. The Morgan fingerprint density at radius 2 is 0.730 bits per heavy atom. The minimum atomic E-state index is -1.28. The first kappa shape index (κ1) is 67.7. The normalized spacial score (nSPS) is 14.3. The summed E-state index contributed by atoms with van der Waals surface area (Å²) < 4.78 is 0. The SMILES string of the molecule is CCCC[C@H](NC(C)=O)C(=O)N[C@@H](CCCC)C(=O)N[C@@H](CC(C)C)C(=O)N[C@@H](CCCC)C(=O)N[C@@H](CCCN=C(N)N)C(=O)N[C@H](C(=O)N[C@@H](CCCCN)C(=O)N[C@@H](CCCN=C(N)N)C(N)=O)C(C)C. The average Bonchev–Trinajstić information content (AvgIpc) is 3.32. The van der Waals surface area contributed by atoms with E-state index in [1.54, 1.807) is 13.8 Å². The van der Waals surface area contributed by atoms with Crippen LogP contribution in [0.5, 0.6) is 0 Å². The quantitative estimate of drug-likeness (QED) is 0.0197. The van der Waals surface area contributed by atoms with Crippen LogP contribution in [0.3, 0.4) is 0 Å². The van der Waals surface area contributed by atoms with E-state index in [1.165, 1.54) is 6.92 Å². The molecule has 0 fully saturated rings. The van der Waals surface area contributed by atoms with Gasteiger partial charge in [-0.25, -0.2) is 0 Å². The van der Waals surface area contributed by atoms with Gasteiger partial charge in [-0.1, -0.05) is 87.0 Å². The van der Waals surface area contributed by atoms with Gasteiger partial charge >= 0.3 is 0 Å². The summed E-state index contributed by atoms with van der Waals surface area (Å²) in [4.78, 5) is 130. The monoisotopic (exact) mass is 1050 g/mol. The number of nitrogens with one attached hydrogen (secondary N) is 8. The summed E-state index contributed by atoms with van der Waals surface area (Å²) in [6.07, 6.45) is 6.59. The van der Waals surface area contributed by atoms with E-state index in [-0.39, 0.29) is 81.8 Å². The van der Waals surface area contributed by atoms with Gasteiger partial charge in [0.25, 0.3) is 0 Å². The number of aliphatic imine (C=N–C) groups is 2. The van der Waals surface area contributed by atoms with E-state index >= 15 is 0 Å². The summed E-state index contributed by atoms with van der Waals surface area (Å²) in [5, 5.41) is 21.9. The average molecular weight is 1050 g/mol. The molecule has 0 aromatic rings. The van der Waals surface area contributed by atoms with Crippen LogP contribution in [-0.2, 0) is 43.2 Å². The maximum absolute atomic E-state index is 14.3. The number of primary amides is 1. The van der Waals surface area contributed by atoms with Gasteiger partial charge in [0.1, 0.15) is 48.3 Å². The number of guanidine groups is 2. The second-order valence-corrected chi connectivity index (χ2v) is 19.5. The molecule has 0 spiro atoms. The highest BCUT2D eigenvalue weighted by atomic mass is 16.2. The Kier molecular flexibility index (Phi) is 35.1. The summed E-state index contributed by atoms with van der Waals surface area (Å²) >= 11 is 0. The van der Waals surface area contributed by atoms with Crippen molar-refractivity contribution in [1.29, 1.82) is 0 Å². The van der Waals surface area contributed by atoms with Crippen LogP contribution in [0.15, 0.2) is 9.98 Å². The van der Waals surface area contributed by atoms with Crippen molar-refractivity contribution in [2.24, 2.45) is 56.2 Å². The Bertz CT molecular complexity index is 1820. The fourth-order valence-corrected chi connectivity index (χ4v) is 7.71. The molecule has 424 valence electrons. The fraction of sp³-hybridized carbons (Fsp3) is 0.776. The molecule has 0 bridgehead atoms. The Balaban J connectivity index is 6.72. The van der Waals surface area contributed by atoms with Crippen LogP contribution in [0.1, 0.15) is 165 Å². The number of unbranched alkanes of at least 4 members (excludes halogenated alkanes) is 4. The molecule has 0 saturated heterocycles. The van der Waals surface area contributed by atoms with Crippen molar-refractivity contribution in [2.45, 2.75) is 213 Å². The van der Waals surface area contributed by atoms with Crippen LogP contribution in [0.2, 0.25) is 0 Å². The van der Waals surface area contributed by atoms with Crippen molar-refractivity contribution in [2.75, 3.05) is 19.6 Å². The molecule has 0 unspecified atom stereocenters. The number of amides is 9. The lowest BCUT2D eigenvalue weighted by molar-refractivity contribution is -0.136. The van der Waals surface area contributed by atoms with Crippen molar-refractivity contribution in [1.82, 2.24) is 42.5 Å². The summed E-state index contributed by atoms with van der Waals surface area (Å²) in [7, 11) is 0. The standard InChI is InChI=1S/C49H94N16O9/c1-9-12-19-33(58-31(8)66)41(68)60-35(21-14-11-3)44(71)64-38(28-29(4)5)46(73)62-34(20-13-10-2)43(70)61-37(24-18-27-57-49(54)55)45(72)65-39(30(6)7)47(74)63-36(22-15-16-25-50)42(69)59-32(40(51)67)23-17-26-56-48(52)53/h29-30,32-39H,9-28,50H2,1-8H3,(H2,51,67)(H,58,66)(H,59,69)(H,60,68)(H,61,70)(H,62,73)(H,63,74)(H,64,71)(H,65,72)(H4,52,53,56)(H4,54,55,57)/t32-,33-,34-,35-,36-,37-,38-,39-/m0/s1. The summed E-state index contributed by atoms with van der Waals surface area (Å²) in [6, 6.07) is -8.96. The number of hydrogen-bond acceptors (Lipinski definition) is 12. The van der Waals surface area contributed by atoms with Crippen LogP contribution in [0.4, 0.5) is 0 Å². The molecule has 0 aromatic heterocycles. The Hall–Kier alpha value is -6.27. The van der Waals surface area contributed by atoms with Crippen molar-refractivity contribution in [3.05, 3.63) is 0 Å². The number of nitrogens with two attached hydrogens (primary N) is 6. The molecule has 25 nitrogen and oxygen atoms in total. The highest BCUT2D eigenvalue weighted by Gasteiger charge is 2.35. The molecule has 0 heterocycles. The van der Waals surface area contributed by atoms with Crippen LogP contribution in [0, 0.1) is 11.8 Å². The van der Waals surface area contributed by atoms with Gasteiger partial charge < -0.3 is 76.9 Å². The van der Waals surface area contributed by atoms with Crippen molar-refractivity contribution in [3.8, 4) is 0 Å². The Labute approximate surface area is 438 Å². The topological polar surface area (TPSA) is 431 Å². The van der Waals surface area contributed by atoms with Gasteiger partial charge in [0.2, 0.25) is 53.2 Å². The van der Waals surface area contributed by atoms with E-state index < -0.39 is 102 Å². The molecule has 0 aliphatic rings. The van der Waals surface area contributed by atoms with Crippen LogP contribution in [-0.4, -0.2) is 133 Å². The molecule has 0 aromatic carbocycles. The maximum Gasteiger partial charge on any atom is 0.243 e. The Morgan fingerprint density at radius 3 is 1.08 bits per heavy atom. The molecule has 9 amide bonds. The van der Waals surface area contributed by atoms with Crippen LogP contribution in [0.25, 0.3) is 0 Å². The largest absolute Gasteiger partial charge is 0.370 e. The number of hydrogen-bond donors (Lipinski definition) is 14. The van der Waals surface area contributed by atoms with E-state index in [0.717, 1.165) is 6.42 Å². The predicted octanol–water partition coefficient (Wildman–Crippen LogP) is -1.12. The maximum atomic E-state index is 14.3. The Morgan fingerprint density at radius 1 is 0.405 bits per heavy atom. The molecule has 0 radical (unpaired) electrons. The first-order chi connectivity index (χ1) is 34.9. The molecule has 25 heteroatoms. The third kappa shape index (κ3) is 29.4. The zero-order chi connectivity index (χ0) is 56.3. The van der Waals surface area contributed by atoms with E-state index in [4.69, 9.17) is 34.4 Å². The van der Waals surface area contributed by atoms with Gasteiger partial charge in [0.05, 0.1) is 0 Å². The summed E-state index contributed by atoms with van der Waals surface area (Å²) in [5.74, 6) is -6.81. The lowest BCUT2D eigenvalue weighted by Gasteiger charge is -2.29. The lowest BCUT2D eigenvalue weighted by atomic mass is 9.99. The zero-order valence-corrected chi connectivity index (χ0v) is 45.4. The molecule has 0 aliphatic carbocycles. The lowest BCUT2D eigenvalue weighted by Crippen LogP contribution is -2.61. The van der Waals surface area contributed by atoms with Gasteiger partial charge in [-0.3, -0.25) is 53.1 Å². The first-order valence-corrected chi connectivity index (χ1v) is 26.4. The van der Waals surface area contributed by atoms with Crippen molar-refractivity contribution >= 4 is 65.1 Å². The zero-order valence-electron chi connectivity index (χ0n) is 45.4. The number of carbonyl (C=O) groups is 9. The predicted molar refractivity (Wildman–Crippen MR) is 286 cm³/mol. The first-order valence-electron chi connectivity index (χ1n) is 26.4. The summed E-state index contributed by atoms with van der Waals surface area (Å²) in [5.41, 5.74) is 33.2. The minimum absolute atomic E-state index is 0.00478. The number of rotatable bonds is 40. The third-order valence-electron chi connectivity index (χ3n) is 11.8. The number of carbonyl (C=O) groups excluding carboxylic acids is 9. The minimum Gasteiger partial charge on any atom is -0.370 e. The molecule has 0 rings (SSSR count). The van der Waals surface area contributed by atoms with E-state index in [9.17, 15) is 43.2 Å². The highest BCUT2D eigenvalue weighted by molar-refractivity contribution is 5.98. The van der Waals surface area contributed by atoms with Crippen LogP contribution < -0.4 is 76.9 Å². The third-order valence-corrected chi connectivity index (χ3v) is 11.8. The van der Waals surface area contributed by atoms with E-state index in [2.05, 4.69) is 52.5 Å². The fourth-order valence-electron chi connectivity index (χ4n) is 7.71. The van der Waals surface area contributed by atoms with Gasteiger partial charge in [-0.2, -0.15) is 0 Å². The second kappa shape index (κ2) is 38.3. The number of nitrogens with zero attached hydrogens (tertiary/aromatic N) is 2. The van der Waals surface area contributed by atoms with Crippen LogP contribution >= 0.6 is 0 Å². The van der Waals surface area contributed by atoms with Crippen molar-refractivity contribution < 1.29 is 43.2 Å². The van der Waals surface area contributed by atoms with Gasteiger partial charge in [0.15, 0.2) is 11.9 Å². The van der Waals surface area contributed by atoms with Gasteiger partial charge in [-0.05, 0) is 89.0 Å². The second-order valence-electron chi connectivity index (χ2n) is 19.5. The molecular weight excluding hydrogens is 957 g/mol. The van der Waals surface area contributed by atoms with E-state index in [1.807, 2.05) is 34.6 Å². The van der Waals surface area contributed by atoms with Gasteiger partial charge in [0, 0.05) is 20.0 Å².